The number of allylic oxidation sites excluding steroid dienone is 1. The lowest BCUT2D eigenvalue weighted by Crippen LogP contribution is -2.72. The van der Waals surface area contributed by atoms with Gasteiger partial charge in [0, 0.05) is 125 Å². The summed E-state index contributed by atoms with van der Waals surface area (Å²) in [4.78, 5) is 81.2. The van der Waals surface area contributed by atoms with Crippen molar-refractivity contribution in [3.8, 4) is 11.5 Å². The lowest BCUT2D eigenvalue weighted by atomic mass is 9.92. The number of aryl methyl sites for hydroxylation is 2. The predicted molar refractivity (Wildman–Crippen MR) is 321 cm³/mol. The first-order valence-corrected chi connectivity index (χ1v) is 29.6. The molecule has 2 fully saturated rings. The second-order valence-electron chi connectivity index (χ2n) is 21.6. The first-order valence-electron chi connectivity index (χ1n) is 29.2. The number of hydrogen-bond acceptors (Lipinski definition) is 16. The van der Waals surface area contributed by atoms with Crippen molar-refractivity contribution in [1.82, 2.24) is 50.1 Å². The molecule has 5 aromatic rings. The Labute approximate surface area is 502 Å². The molecular weight excluding hydrogens is 1140 g/mol. The van der Waals surface area contributed by atoms with Gasteiger partial charge in [-0.1, -0.05) is 11.6 Å². The summed E-state index contributed by atoms with van der Waals surface area (Å²) in [5.41, 5.74) is 5.45. The number of halogens is 3. The van der Waals surface area contributed by atoms with Gasteiger partial charge in [-0.25, -0.2) is 23.5 Å². The summed E-state index contributed by atoms with van der Waals surface area (Å²) in [7, 11) is 8.00. The minimum atomic E-state index is -2.76. The normalized spacial score (nSPS) is 15.8. The number of likely N-dealkylation sites (N-methyl/N-ethyl adjacent to an activating group) is 1. The minimum Gasteiger partial charge on any atom is -0.494 e. The van der Waals surface area contributed by atoms with E-state index >= 15 is 0 Å². The van der Waals surface area contributed by atoms with Crippen molar-refractivity contribution < 1.29 is 52.2 Å². The summed E-state index contributed by atoms with van der Waals surface area (Å²) >= 11 is 6.57. The Bertz CT molecular complexity index is 3380. The predicted octanol–water partition coefficient (Wildman–Crippen LogP) is 4.45. The van der Waals surface area contributed by atoms with Crippen molar-refractivity contribution in [2.75, 3.05) is 122 Å². The minimum absolute atomic E-state index is 0.00166. The number of aromatic nitrogens is 5. The molecule has 86 heavy (non-hydrogen) atoms. The zero-order valence-electron chi connectivity index (χ0n) is 49.3. The van der Waals surface area contributed by atoms with Crippen LogP contribution in [-0.4, -0.2) is 171 Å². The molecule has 0 saturated carbocycles. The van der Waals surface area contributed by atoms with Gasteiger partial charge in [0.05, 0.1) is 94.1 Å². The molecule has 4 aliphatic heterocycles. The van der Waals surface area contributed by atoms with Crippen molar-refractivity contribution in [1.29, 1.82) is 5.41 Å². The first-order chi connectivity index (χ1) is 41.6. The number of piperidine rings is 2. The van der Waals surface area contributed by atoms with E-state index in [1.807, 2.05) is 20.8 Å². The number of nitrogens with two attached hydrogens (primary N) is 1. The number of amides is 5. The fourth-order valence-corrected chi connectivity index (χ4v) is 11.9. The molecule has 2 aromatic carbocycles. The van der Waals surface area contributed by atoms with E-state index in [1.165, 1.54) is 18.7 Å². The van der Waals surface area contributed by atoms with E-state index in [-0.39, 0.29) is 73.2 Å². The van der Waals surface area contributed by atoms with Crippen molar-refractivity contribution in [2.24, 2.45) is 13.0 Å². The molecule has 0 radical (unpaired) electrons. The van der Waals surface area contributed by atoms with Crippen LogP contribution < -0.4 is 51.4 Å². The van der Waals surface area contributed by atoms with Crippen molar-refractivity contribution >= 4 is 81.2 Å². The van der Waals surface area contributed by atoms with Gasteiger partial charge in [-0.2, -0.15) is 5.10 Å². The number of nitrogens with one attached hydrogen (secondary N) is 5. The van der Waals surface area contributed by atoms with Gasteiger partial charge in [0.1, 0.15) is 11.9 Å². The van der Waals surface area contributed by atoms with E-state index in [0.29, 0.717) is 172 Å². The van der Waals surface area contributed by atoms with E-state index < -0.39 is 12.0 Å². The van der Waals surface area contributed by atoms with Gasteiger partial charge in [-0.05, 0) is 73.9 Å². The van der Waals surface area contributed by atoms with Crippen LogP contribution >= 0.6 is 11.6 Å². The molecule has 4 aliphatic rings. The Balaban J connectivity index is 0.687. The number of nitrogens with zero attached hydrogens (tertiary/aromatic N) is 9. The number of carbonyl (C=O) groups is 4. The largest absolute Gasteiger partial charge is 0.494 e. The highest BCUT2D eigenvalue weighted by Gasteiger charge is 2.36. The second-order valence-corrected chi connectivity index (χ2v) is 22.0. The summed E-state index contributed by atoms with van der Waals surface area (Å²) in [5.74, 6) is 1.03. The maximum Gasteiger partial charge on any atom is 0.317 e. The molecule has 0 aliphatic carbocycles. The zero-order chi connectivity index (χ0) is 61.0. The number of alkyl halides is 2. The highest BCUT2D eigenvalue weighted by atomic mass is 35.5. The number of anilines is 4. The van der Waals surface area contributed by atoms with Gasteiger partial charge >= 0.3 is 6.03 Å². The summed E-state index contributed by atoms with van der Waals surface area (Å²) < 4.78 is 55.7. The third-order valence-electron chi connectivity index (χ3n) is 16.3. The fourth-order valence-electron chi connectivity index (χ4n) is 11.7. The number of hydrogen-bond donors (Lipinski definition) is 6. The molecular formula is C59H77ClF2N15O9+. The van der Waals surface area contributed by atoms with Crippen molar-refractivity contribution in [2.45, 2.75) is 76.9 Å². The molecule has 3 aromatic heterocycles. The Morgan fingerprint density at radius 2 is 1.69 bits per heavy atom. The molecule has 0 unspecified atom stereocenters. The molecule has 462 valence electrons. The Morgan fingerprint density at radius 3 is 2.40 bits per heavy atom. The Morgan fingerprint density at radius 1 is 0.919 bits per heavy atom. The maximum atomic E-state index is 14.8. The van der Waals surface area contributed by atoms with E-state index in [1.54, 1.807) is 68.0 Å². The van der Waals surface area contributed by atoms with Crippen LogP contribution in [0.5, 0.6) is 11.5 Å². The number of carbonyl (C=O) groups excluding carboxylic acids is 4. The van der Waals surface area contributed by atoms with Gasteiger partial charge in [-0.3, -0.25) is 23.9 Å². The molecule has 9 rings (SSSR count). The number of urea groups is 1. The van der Waals surface area contributed by atoms with Crippen LogP contribution in [0.15, 0.2) is 47.5 Å². The van der Waals surface area contributed by atoms with Gasteiger partial charge in [0.15, 0.2) is 18.2 Å². The quantitative estimate of drug-likeness (QED) is 0.0368. The van der Waals surface area contributed by atoms with Gasteiger partial charge in [0.25, 0.3) is 17.9 Å². The van der Waals surface area contributed by atoms with Crippen LogP contribution in [0.25, 0.3) is 16.5 Å². The molecule has 7 heterocycles. The lowest BCUT2D eigenvalue weighted by Gasteiger charge is -2.34. The summed E-state index contributed by atoms with van der Waals surface area (Å²) in [5, 5.41) is 27.5. The third kappa shape index (κ3) is 14.3. The average molecular weight is 1210 g/mol. The molecule has 2 saturated heterocycles. The number of methoxy groups -OCH3 is 1. The van der Waals surface area contributed by atoms with Crippen molar-refractivity contribution in [3.05, 3.63) is 91.7 Å². The number of ether oxygens (including phenoxy) is 4. The zero-order valence-corrected chi connectivity index (χ0v) is 50.1. The monoisotopic (exact) mass is 1210 g/mol. The van der Waals surface area contributed by atoms with Crippen LogP contribution in [0.2, 0.25) is 5.02 Å². The van der Waals surface area contributed by atoms with E-state index in [0.717, 1.165) is 29.5 Å². The molecule has 0 atom stereocenters. The molecule has 0 bridgehead atoms. The Hall–Kier alpha value is -7.94. The third-order valence-corrected chi connectivity index (χ3v) is 16.6. The number of pyridine rings is 1. The van der Waals surface area contributed by atoms with Crippen LogP contribution in [0.1, 0.15) is 84.6 Å². The molecule has 27 heteroatoms. The first kappa shape index (κ1) is 62.6. The average Bonchev–Trinajstić information content (AvgIpc) is 2.67. The van der Waals surface area contributed by atoms with E-state index in [9.17, 15) is 32.8 Å². The van der Waals surface area contributed by atoms with Crippen LogP contribution in [0, 0.1) is 11.3 Å². The standard InChI is InChI=1S/C59H76ClF2N15O9/c1-64-31-39(30-63)42-26-37-7-6-15-76(48(37)29-43(42)54(61)62)55-44-34-75(59(82)66-3)20-12-47(44)77(71-55)41-10-18-73(19-11-41)52(79)13-21-84-23-24-85-22-14-67-56(80)36-8-16-74(17-9-36)58-69-32-45(60)46(70-58)33-68-40-25-38-27-50(86-35-51(78)65-2)57(81)72(4)53(38)49(28-40)83-5/h25-32,36,41,54,63-64,68H,6-24,33-35H2,1-5H3,(H,65,78)(H,66,82)(H,67,80)/p+1/b39-31+,63-30?. The smallest absolute Gasteiger partial charge is 0.317 e. The SMILES string of the molecule is CNC(=O)COc1cc2cc(NCc3nc(N4CCC(C(=O)NCCOCCOCCC(=O)N5CCC(n6nc(N7CCCc8cc(/C(C=N)=C/[NH2+]C)c(C(F)F)cc87)c7c6CCN(C(=O)NC)C7)CC5)CC4)ncc3Cl)cc(OC)c2n(C)c1=O. The van der Waals surface area contributed by atoms with Crippen LogP contribution in [0.3, 0.4) is 0 Å². The topological polar surface area (TPSA) is 272 Å². The number of benzene rings is 2. The van der Waals surface area contributed by atoms with Gasteiger partial charge < -0.3 is 75.1 Å². The number of fused-ring (bicyclic) bond motifs is 3. The number of rotatable bonds is 24. The summed E-state index contributed by atoms with van der Waals surface area (Å²) in [6.45, 7) is 5.02. The molecule has 0 spiro atoms. The van der Waals surface area contributed by atoms with Crippen LogP contribution in [0.4, 0.5) is 36.7 Å². The fraction of sp³-hybridized carbons (Fsp3) is 0.508. The summed E-state index contributed by atoms with van der Waals surface area (Å²) in [6, 6.07) is 8.31. The maximum absolute atomic E-state index is 14.8. The lowest BCUT2D eigenvalue weighted by molar-refractivity contribution is -0.555. The molecule has 5 amide bonds. The van der Waals surface area contributed by atoms with Gasteiger partial charge in [0.2, 0.25) is 17.8 Å². The molecule has 7 N–H and O–H groups in total. The summed E-state index contributed by atoms with van der Waals surface area (Å²) in [6.07, 6.45) is 6.39. The van der Waals surface area contributed by atoms with E-state index in [4.69, 9.17) is 46.0 Å². The second kappa shape index (κ2) is 29.0. The molecule has 24 nitrogen and oxygen atoms in total. The van der Waals surface area contributed by atoms with Gasteiger partial charge in [-0.15, -0.1) is 0 Å². The highest BCUT2D eigenvalue weighted by Crippen LogP contribution is 2.43. The van der Waals surface area contributed by atoms with Crippen LogP contribution in [-0.2, 0) is 56.8 Å². The number of quaternary nitrogens is 1. The highest BCUT2D eigenvalue weighted by molar-refractivity contribution is 6.31. The van der Waals surface area contributed by atoms with Crippen molar-refractivity contribution in [3.63, 3.8) is 0 Å². The Kier molecular flexibility index (Phi) is 21.1. The number of likely N-dealkylation sites (tertiary alicyclic amines) is 1. The van der Waals surface area contributed by atoms with E-state index in [2.05, 4.69) is 30.9 Å².